The zero-order valence-corrected chi connectivity index (χ0v) is 14.8. The lowest BCUT2D eigenvalue weighted by atomic mass is 10.1. The third-order valence-electron chi connectivity index (χ3n) is 3.81. The van der Waals surface area contributed by atoms with Gasteiger partial charge in [-0.2, -0.15) is 0 Å². The van der Waals surface area contributed by atoms with Gasteiger partial charge in [0, 0.05) is 25.2 Å². The molecule has 0 saturated carbocycles. The molecule has 0 amide bonds. The number of benzene rings is 1. The number of methoxy groups -OCH3 is 1. The number of halogens is 2. The summed E-state index contributed by atoms with van der Waals surface area (Å²) in [5.41, 5.74) is 0.608. The molecule has 0 unspecified atom stereocenters. The van der Waals surface area contributed by atoms with Crippen LogP contribution in [-0.2, 0) is 16.8 Å². The topological polar surface area (TPSA) is 57.8 Å². The zero-order valence-electron chi connectivity index (χ0n) is 14.0. The van der Waals surface area contributed by atoms with Crippen LogP contribution in [-0.4, -0.2) is 38.5 Å². The van der Waals surface area contributed by atoms with E-state index in [1.54, 1.807) is 17.9 Å². The van der Waals surface area contributed by atoms with Crippen molar-refractivity contribution in [1.29, 1.82) is 0 Å². The van der Waals surface area contributed by atoms with E-state index in [1.165, 1.54) is 0 Å². The normalized spacial score (nSPS) is 12.2. The highest BCUT2D eigenvalue weighted by molar-refractivity contribution is 6.32. The minimum absolute atomic E-state index is 0.0467. The van der Waals surface area contributed by atoms with Gasteiger partial charge in [0.05, 0.1) is 28.2 Å². The van der Waals surface area contributed by atoms with Gasteiger partial charge in [-0.05, 0) is 43.3 Å². The molecule has 0 atom stereocenters. The molecule has 0 aliphatic rings. The van der Waals surface area contributed by atoms with Crippen molar-refractivity contribution in [2.75, 3.05) is 13.7 Å². The van der Waals surface area contributed by atoms with Crippen molar-refractivity contribution in [2.45, 2.75) is 32.9 Å². The Hall–Kier alpha value is -1.99. The molecule has 24 heavy (non-hydrogen) atoms. The SMILES string of the molecule is COCCn1ccc2cc(Cl)c(F)c(-c3nnnn3C(C)(C)C)c21. The zero-order chi connectivity index (χ0) is 17.5. The number of rotatable bonds is 4. The van der Waals surface area contributed by atoms with Crippen molar-refractivity contribution in [2.24, 2.45) is 0 Å². The van der Waals surface area contributed by atoms with Gasteiger partial charge in [-0.15, -0.1) is 5.10 Å². The van der Waals surface area contributed by atoms with Crippen LogP contribution in [0.5, 0.6) is 0 Å². The van der Waals surface area contributed by atoms with Crippen molar-refractivity contribution in [3.63, 3.8) is 0 Å². The Bertz CT molecular complexity index is 881. The second kappa shape index (κ2) is 6.14. The van der Waals surface area contributed by atoms with Gasteiger partial charge < -0.3 is 9.30 Å². The summed E-state index contributed by atoms with van der Waals surface area (Å²) in [7, 11) is 1.63. The van der Waals surface area contributed by atoms with Crippen LogP contribution in [0.3, 0.4) is 0 Å². The van der Waals surface area contributed by atoms with Gasteiger partial charge in [0.25, 0.3) is 0 Å². The second-order valence-corrected chi connectivity index (χ2v) is 6.98. The van der Waals surface area contributed by atoms with Crippen LogP contribution in [0, 0.1) is 5.82 Å². The fraction of sp³-hybridized carbons (Fsp3) is 0.438. The maximum Gasteiger partial charge on any atom is 0.187 e. The van der Waals surface area contributed by atoms with E-state index in [2.05, 4.69) is 15.5 Å². The third kappa shape index (κ3) is 2.78. The minimum atomic E-state index is -0.526. The van der Waals surface area contributed by atoms with Crippen molar-refractivity contribution < 1.29 is 9.13 Å². The number of fused-ring (bicyclic) bond motifs is 1. The van der Waals surface area contributed by atoms with Crippen LogP contribution < -0.4 is 0 Å². The second-order valence-electron chi connectivity index (χ2n) is 6.57. The van der Waals surface area contributed by atoms with E-state index in [9.17, 15) is 4.39 Å². The molecule has 1 aromatic carbocycles. The molecule has 8 heteroatoms. The highest BCUT2D eigenvalue weighted by Crippen LogP contribution is 2.36. The molecular weight excluding hydrogens is 333 g/mol. The molecule has 0 radical (unpaired) electrons. The van der Waals surface area contributed by atoms with E-state index < -0.39 is 11.4 Å². The van der Waals surface area contributed by atoms with Gasteiger partial charge in [0.1, 0.15) is 0 Å². The lowest BCUT2D eigenvalue weighted by Gasteiger charge is -2.21. The number of tetrazole rings is 1. The number of nitrogens with zero attached hydrogens (tertiary/aromatic N) is 5. The van der Waals surface area contributed by atoms with Crippen molar-refractivity contribution >= 4 is 22.5 Å². The van der Waals surface area contributed by atoms with E-state index in [0.717, 1.165) is 5.39 Å². The van der Waals surface area contributed by atoms with Gasteiger partial charge in [-0.1, -0.05) is 11.6 Å². The van der Waals surface area contributed by atoms with E-state index in [0.29, 0.717) is 30.1 Å². The lowest BCUT2D eigenvalue weighted by Crippen LogP contribution is -2.24. The summed E-state index contributed by atoms with van der Waals surface area (Å²) < 4.78 is 23.6. The highest BCUT2D eigenvalue weighted by Gasteiger charge is 2.26. The summed E-state index contributed by atoms with van der Waals surface area (Å²) in [5.74, 6) is -0.174. The maximum absolute atomic E-state index is 15.0. The summed E-state index contributed by atoms with van der Waals surface area (Å²) in [6, 6.07) is 3.51. The highest BCUT2D eigenvalue weighted by atomic mass is 35.5. The summed E-state index contributed by atoms with van der Waals surface area (Å²) in [5, 5.41) is 12.7. The average molecular weight is 352 g/mol. The van der Waals surface area contributed by atoms with Gasteiger partial charge in [0.2, 0.25) is 0 Å². The number of aromatic nitrogens is 5. The summed E-state index contributed by atoms with van der Waals surface area (Å²) in [4.78, 5) is 0. The van der Waals surface area contributed by atoms with Gasteiger partial charge in [-0.3, -0.25) is 0 Å². The molecule has 128 valence electrons. The Morgan fingerprint density at radius 1 is 1.33 bits per heavy atom. The van der Waals surface area contributed by atoms with Crippen LogP contribution in [0.25, 0.3) is 22.3 Å². The molecule has 0 N–H and O–H groups in total. The summed E-state index contributed by atoms with van der Waals surface area (Å²) >= 11 is 6.10. The maximum atomic E-state index is 15.0. The molecule has 0 saturated heterocycles. The molecular formula is C16H19ClFN5O. The quantitative estimate of drug-likeness (QED) is 0.722. The van der Waals surface area contributed by atoms with E-state index >= 15 is 0 Å². The Morgan fingerprint density at radius 2 is 2.08 bits per heavy atom. The molecule has 2 heterocycles. The van der Waals surface area contributed by atoms with E-state index in [1.807, 2.05) is 37.6 Å². The monoisotopic (exact) mass is 351 g/mol. The molecule has 0 aliphatic heterocycles. The third-order valence-corrected chi connectivity index (χ3v) is 4.08. The Morgan fingerprint density at radius 3 is 2.75 bits per heavy atom. The van der Waals surface area contributed by atoms with E-state index in [4.69, 9.17) is 16.3 Å². The first-order valence-electron chi connectivity index (χ1n) is 7.59. The Balaban J connectivity index is 2.32. The Labute approximate surface area is 144 Å². The molecule has 2 aromatic heterocycles. The average Bonchev–Trinajstić information content (AvgIpc) is 3.13. The first-order valence-corrected chi connectivity index (χ1v) is 7.97. The summed E-state index contributed by atoms with van der Waals surface area (Å²) in [6.07, 6.45) is 1.88. The fourth-order valence-corrected chi connectivity index (χ4v) is 2.90. The van der Waals surface area contributed by atoms with Crippen LogP contribution in [0.2, 0.25) is 5.02 Å². The van der Waals surface area contributed by atoms with Gasteiger partial charge in [0.15, 0.2) is 11.6 Å². The first-order chi connectivity index (χ1) is 11.3. The number of ether oxygens (including phenoxy) is 1. The predicted octanol–water partition coefficient (Wildman–Crippen LogP) is 3.49. The van der Waals surface area contributed by atoms with Crippen LogP contribution in [0.15, 0.2) is 18.3 Å². The molecule has 0 fully saturated rings. The number of hydrogen-bond donors (Lipinski definition) is 0. The Kier molecular flexibility index (Phi) is 4.31. The van der Waals surface area contributed by atoms with E-state index in [-0.39, 0.29) is 5.02 Å². The van der Waals surface area contributed by atoms with Crippen molar-refractivity contribution in [1.82, 2.24) is 24.8 Å². The number of hydrogen-bond acceptors (Lipinski definition) is 4. The molecule has 0 spiro atoms. The van der Waals surface area contributed by atoms with Crippen molar-refractivity contribution in [3.8, 4) is 11.4 Å². The minimum Gasteiger partial charge on any atom is -0.383 e. The smallest absolute Gasteiger partial charge is 0.187 e. The fourth-order valence-electron chi connectivity index (χ4n) is 2.69. The van der Waals surface area contributed by atoms with Crippen molar-refractivity contribution in [3.05, 3.63) is 29.2 Å². The largest absolute Gasteiger partial charge is 0.383 e. The standard InChI is InChI=1S/C16H19ClFN5O/c1-16(2,3)23-15(19-20-21-23)12-13(18)11(17)9-10-5-6-22(14(10)12)7-8-24-4/h5-6,9H,7-8H2,1-4H3. The van der Waals surface area contributed by atoms with Gasteiger partial charge in [-0.25, -0.2) is 9.07 Å². The molecule has 6 nitrogen and oxygen atoms in total. The van der Waals surface area contributed by atoms with Crippen LogP contribution in [0.4, 0.5) is 4.39 Å². The molecule has 3 rings (SSSR count). The van der Waals surface area contributed by atoms with Gasteiger partial charge >= 0.3 is 0 Å². The lowest BCUT2D eigenvalue weighted by molar-refractivity contribution is 0.188. The predicted molar refractivity (Wildman–Crippen MR) is 90.6 cm³/mol. The molecule has 0 aliphatic carbocycles. The first kappa shape index (κ1) is 16.9. The van der Waals surface area contributed by atoms with Crippen LogP contribution in [0.1, 0.15) is 20.8 Å². The van der Waals surface area contributed by atoms with Crippen LogP contribution >= 0.6 is 11.6 Å². The molecule has 3 aromatic rings. The summed E-state index contributed by atoms with van der Waals surface area (Å²) in [6.45, 7) is 6.96. The molecule has 0 bridgehead atoms.